The highest BCUT2D eigenvalue weighted by Gasteiger charge is 2.36. The molecule has 0 N–H and O–H groups in total. The van der Waals surface area contributed by atoms with Crippen LogP contribution >= 0.6 is 15.9 Å². The van der Waals surface area contributed by atoms with Crippen LogP contribution in [-0.4, -0.2) is 36.5 Å². The van der Waals surface area contributed by atoms with Crippen LogP contribution in [-0.2, 0) is 16.1 Å². The molecule has 1 aliphatic rings. The Balaban J connectivity index is 1.63. The minimum atomic E-state index is -0.537. The molecule has 1 atom stereocenters. The molecule has 1 fully saturated rings. The number of hydrogen-bond acceptors (Lipinski definition) is 5. The van der Waals surface area contributed by atoms with E-state index in [1.165, 1.54) is 12.0 Å². The van der Waals surface area contributed by atoms with Gasteiger partial charge >= 0.3 is 5.97 Å². The zero-order chi connectivity index (χ0) is 17.8. The highest BCUT2D eigenvalue weighted by atomic mass is 79.9. The van der Waals surface area contributed by atoms with Gasteiger partial charge in [0, 0.05) is 11.0 Å². The summed E-state index contributed by atoms with van der Waals surface area (Å²) in [6.07, 6.45) is 1.38. The summed E-state index contributed by atoms with van der Waals surface area (Å²) in [6.45, 7) is 0.735. The normalized spacial score (nSPS) is 16.7. The van der Waals surface area contributed by atoms with Gasteiger partial charge < -0.3 is 18.8 Å². The fraction of sp³-hybridized carbons (Fsp3) is 0.333. The van der Waals surface area contributed by atoms with Gasteiger partial charge in [-0.05, 0) is 49.2 Å². The highest BCUT2D eigenvalue weighted by molar-refractivity contribution is 9.10. The van der Waals surface area contributed by atoms with Crippen LogP contribution in [0.3, 0.4) is 0 Å². The number of halogens is 1. The number of furan rings is 1. The molecule has 1 aromatic heterocycles. The smallest absolute Gasteiger partial charge is 0.328 e. The van der Waals surface area contributed by atoms with Gasteiger partial charge in [0.05, 0.1) is 7.11 Å². The van der Waals surface area contributed by atoms with Crippen molar-refractivity contribution in [1.29, 1.82) is 0 Å². The van der Waals surface area contributed by atoms with E-state index < -0.39 is 12.0 Å². The molecule has 0 radical (unpaired) electrons. The molecule has 6 nitrogen and oxygen atoms in total. The molecule has 3 rings (SSSR count). The van der Waals surface area contributed by atoms with Gasteiger partial charge in [-0.25, -0.2) is 4.79 Å². The Morgan fingerprint density at radius 3 is 2.72 bits per heavy atom. The lowest BCUT2D eigenvalue weighted by Crippen LogP contribution is -2.40. The Morgan fingerprint density at radius 1 is 1.24 bits per heavy atom. The first-order valence-corrected chi connectivity index (χ1v) is 8.73. The van der Waals surface area contributed by atoms with Crippen molar-refractivity contribution in [3.05, 3.63) is 52.4 Å². The lowest BCUT2D eigenvalue weighted by Gasteiger charge is -2.21. The molecule has 0 saturated carbocycles. The molecule has 1 saturated heterocycles. The van der Waals surface area contributed by atoms with Crippen molar-refractivity contribution in [2.24, 2.45) is 0 Å². The van der Waals surface area contributed by atoms with Crippen molar-refractivity contribution < 1.29 is 23.5 Å². The molecule has 25 heavy (non-hydrogen) atoms. The van der Waals surface area contributed by atoms with Gasteiger partial charge in [0.15, 0.2) is 5.76 Å². The van der Waals surface area contributed by atoms with Gasteiger partial charge in [0.2, 0.25) is 0 Å². The summed E-state index contributed by atoms with van der Waals surface area (Å²) in [5, 5.41) is 0. The van der Waals surface area contributed by atoms with E-state index in [0.717, 1.165) is 10.9 Å². The van der Waals surface area contributed by atoms with Gasteiger partial charge in [-0.15, -0.1) is 0 Å². The molecule has 0 bridgehead atoms. The molecule has 2 heterocycles. The maximum absolute atomic E-state index is 12.6. The Morgan fingerprint density at radius 2 is 2.00 bits per heavy atom. The summed E-state index contributed by atoms with van der Waals surface area (Å²) in [6, 6.07) is 10.2. The summed E-state index contributed by atoms with van der Waals surface area (Å²) >= 11 is 3.36. The quantitative estimate of drug-likeness (QED) is 0.710. The van der Waals surface area contributed by atoms with E-state index in [9.17, 15) is 9.59 Å². The monoisotopic (exact) mass is 407 g/mol. The largest absolute Gasteiger partial charge is 0.486 e. The van der Waals surface area contributed by atoms with Crippen LogP contribution in [0, 0.1) is 0 Å². The molecule has 1 aromatic carbocycles. The van der Waals surface area contributed by atoms with Gasteiger partial charge in [0.25, 0.3) is 5.91 Å². The van der Waals surface area contributed by atoms with Crippen LogP contribution in [0.1, 0.15) is 29.2 Å². The maximum atomic E-state index is 12.6. The number of rotatable bonds is 5. The van der Waals surface area contributed by atoms with E-state index in [2.05, 4.69) is 15.9 Å². The van der Waals surface area contributed by atoms with E-state index in [4.69, 9.17) is 13.9 Å². The second-order valence-electron chi connectivity index (χ2n) is 5.69. The Bertz CT molecular complexity index is 755. The summed E-state index contributed by atoms with van der Waals surface area (Å²) in [5.41, 5.74) is 0. The lowest BCUT2D eigenvalue weighted by atomic mass is 10.2. The second kappa shape index (κ2) is 7.74. The van der Waals surface area contributed by atoms with Crippen LogP contribution < -0.4 is 4.74 Å². The van der Waals surface area contributed by atoms with Gasteiger partial charge in [-0.2, -0.15) is 0 Å². The minimum Gasteiger partial charge on any atom is -0.486 e. The molecule has 0 spiro atoms. The molecule has 7 heteroatoms. The summed E-state index contributed by atoms with van der Waals surface area (Å²) < 4.78 is 16.9. The van der Waals surface area contributed by atoms with Crippen LogP contribution in [0.4, 0.5) is 0 Å². The number of esters is 1. The fourth-order valence-corrected chi connectivity index (χ4v) is 3.05. The van der Waals surface area contributed by atoms with Crippen molar-refractivity contribution in [3.8, 4) is 5.75 Å². The number of nitrogens with zero attached hydrogens (tertiary/aromatic N) is 1. The van der Waals surface area contributed by atoms with Gasteiger partial charge in [-0.1, -0.05) is 15.9 Å². The maximum Gasteiger partial charge on any atom is 0.328 e. The van der Waals surface area contributed by atoms with Crippen molar-refractivity contribution in [2.75, 3.05) is 13.7 Å². The van der Waals surface area contributed by atoms with Crippen LogP contribution in [0.2, 0.25) is 0 Å². The third kappa shape index (κ3) is 4.04. The first-order chi connectivity index (χ1) is 12.1. The molecular formula is C18H18BrNO5. The fourth-order valence-electron chi connectivity index (χ4n) is 2.79. The Kier molecular flexibility index (Phi) is 5.43. The van der Waals surface area contributed by atoms with Gasteiger partial charge in [-0.3, -0.25) is 4.79 Å². The number of methoxy groups -OCH3 is 1. The SMILES string of the molecule is COC(=O)C1CCCN1C(=O)c1ccc(COc2ccc(Br)cc2)o1. The average molecular weight is 408 g/mol. The number of carbonyl (C=O) groups excluding carboxylic acids is 2. The van der Waals surface area contributed by atoms with Crippen molar-refractivity contribution in [3.63, 3.8) is 0 Å². The number of amides is 1. The predicted octanol–water partition coefficient (Wildman–Crippen LogP) is 3.40. The predicted molar refractivity (Wildman–Crippen MR) is 93.3 cm³/mol. The van der Waals surface area contributed by atoms with E-state index in [-0.39, 0.29) is 18.3 Å². The Labute approximate surface area is 153 Å². The first kappa shape index (κ1) is 17.5. The standard InChI is InChI=1S/C18H18BrNO5/c1-23-18(22)15-3-2-10-20(15)17(21)16-9-8-14(25-16)11-24-13-6-4-12(19)5-7-13/h4-9,15H,2-3,10-11H2,1H3. The number of hydrogen-bond donors (Lipinski definition) is 0. The third-order valence-electron chi connectivity index (χ3n) is 4.05. The van der Waals surface area contributed by atoms with E-state index in [1.54, 1.807) is 12.1 Å². The zero-order valence-electron chi connectivity index (χ0n) is 13.7. The van der Waals surface area contributed by atoms with Crippen molar-refractivity contribution >= 4 is 27.8 Å². The highest BCUT2D eigenvalue weighted by Crippen LogP contribution is 2.23. The van der Waals surface area contributed by atoms with Crippen LogP contribution in [0.25, 0.3) is 0 Å². The number of carbonyl (C=O) groups is 2. The van der Waals surface area contributed by atoms with E-state index in [0.29, 0.717) is 24.5 Å². The second-order valence-corrected chi connectivity index (χ2v) is 6.60. The summed E-state index contributed by atoms with van der Waals surface area (Å²) in [7, 11) is 1.33. The minimum absolute atomic E-state index is 0.199. The lowest BCUT2D eigenvalue weighted by molar-refractivity contribution is -0.145. The summed E-state index contributed by atoms with van der Waals surface area (Å²) in [4.78, 5) is 25.9. The van der Waals surface area contributed by atoms with Crippen molar-refractivity contribution in [1.82, 2.24) is 4.90 Å². The van der Waals surface area contributed by atoms with Crippen molar-refractivity contribution in [2.45, 2.75) is 25.5 Å². The zero-order valence-corrected chi connectivity index (χ0v) is 15.3. The molecule has 1 aliphatic heterocycles. The molecule has 132 valence electrons. The number of benzene rings is 1. The number of likely N-dealkylation sites (tertiary alicyclic amines) is 1. The molecule has 0 aliphatic carbocycles. The molecule has 1 amide bonds. The summed E-state index contributed by atoms with van der Waals surface area (Å²) in [5.74, 6) is 0.752. The third-order valence-corrected chi connectivity index (χ3v) is 4.58. The topological polar surface area (TPSA) is 69.0 Å². The van der Waals surface area contributed by atoms with Crippen LogP contribution in [0.5, 0.6) is 5.75 Å². The molecule has 2 aromatic rings. The van der Waals surface area contributed by atoms with E-state index in [1.807, 2.05) is 24.3 Å². The molecule has 1 unspecified atom stereocenters. The van der Waals surface area contributed by atoms with Crippen LogP contribution in [0.15, 0.2) is 45.3 Å². The van der Waals surface area contributed by atoms with Gasteiger partial charge in [0.1, 0.15) is 24.2 Å². The van der Waals surface area contributed by atoms with E-state index >= 15 is 0 Å². The molecular weight excluding hydrogens is 390 g/mol. The average Bonchev–Trinajstić information content (AvgIpc) is 3.29. The Hall–Kier alpha value is -2.28. The first-order valence-electron chi connectivity index (χ1n) is 7.94. The number of ether oxygens (including phenoxy) is 2.